The average Bonchev–Trinajstić information content (AvgIpc) is 2.68. The Morgan fingerprint density at radius 1 is 1.22 bits per heavy atom. The lowest BCUT2D eigenvalue weighted by Crippen LogP contribution is -2.49. The molecule has 1 heterocycles. The molecule has 1 aromatic carbocycles. The minimum Gasteiger partial charge on any atom is -0.492 e. The van der Waals surface area contributed by atoms with E-state index in [0.717, 1.165) is 63.6 Å². The number of ether oxygens (including phenoxy) is 2. The van der Waals surface area contributed by atoms with Gasteiger partial charge in [-0.05, 0) is 31.4 Å². The van der Waals surface area contributed by atoms with Crippen LogP contribution in [0.1, 0.15) is 19.3 Å². The van der Waals surface area contributed by atoms with E-state index in [1.165, 1.54) is 6.07 Å². The second-order valence-electron chi connectivity index (χ2n) is 6.53. The van der Waals surface area contributed by atoms with Crippen molar-refractivity contribution < 1.29 is 18.3 Å². The minimum absolute atomic E-state index is 0.305. The fourth-order valence-corrected chi connectivity index (χ4v) is 3.03. The van der Waals surface area contributed by atoms with E-state index < -0.39 is 11.6 Å². The van der Waals surface area contributed by atoms with Crippen LogP contribution in [0.15, 0.2) is 23.2 Å². The molecule has 0 amide bonds. The quantitative estimate of drug-likeness (QED) is 0.388. The molecule has 27 heavy (non-hydrogen) atoms. The summed E-state index contributed by atoms with van der Waals surface area (Å²) in [5.74, 6) is -0.762. The summed E-state index contributed by atoms with van der Waals surface area (Å²) in [5.41, 5.74) is 0. The van der Waals surface area contributed by atoms with Crippen LogP contribution in [0, 0.1) is 11.6 Å². The van der Waals surface area contributed by atoms with E-state index in [9.17, 15) is 8.78 Å². The maximum Gasteiger partial charge on any atom is 0.191 e. The summed E-state index contributed by atoms with van der Waals surface area (Å²) in [7, 11) is 3.46. The zero-order chi connectivity index (χ0) is 19.5. The molecule has 0 unspecified atom stereocenters. The van der Waals surface area contributed by atoms with Gasteiger partial charge < -0.3 is 25.0 Å². The highest BCUT2D eigenvalue weighted by Crippen LogP contribution is 2.15. The standard InChI is InChI=1S/C19H30F2N4O2/c1-22-19(23-8-13-27-16-4-5-17(20)18(21)14-16)24-15-6-10-25(11-7-15)9-3-12-26-2/h4-5,14-15H,3,6-13H2,1-2H3,(H2,22,23,24). The summed E-state index contributed by atoms with van der Waals surface area (Å²) in [6.45, 7) is 4.85. The van der Waals surface area contributed by atoms with Gasteiger partial charge in [0.15, 0.2) is 17.6 Å². The first-order valence-electron chi connectivity index (χ1n) is 9.38. The summed E-state index contributed by atoms with van der Waals surface area (Å²) < 4.78 is 36.5. The topological polar surface area (TPSA) is 58.1 Å². The maximum atomic E-state index is 13.1. The number of piperidine rings is 1. The fourth-order valence-electron chi connectivity index (χ4n) is 3.03. The number of aliphatic imine (C=N–C) groups is 1. The van der Waals surface area contributed by atoms with Crippen LogP contribution >= 0.6 is 0 Å². The van der Waals surface area contributed by atoms with Gasteiger partial charge in [-0.2, -0.15) is 0 Å². The maximum absolute atomic E-state index is 13.1. The van der Waals surface area contributed by atoms with Gasteiger partial charge in [-0.25, -0.2) is 8.78 Å². The Labute approximate surface area is 159 Å². The number of likely N-dealkylation sites (tertiary alicyclic amines) is 1. The van der Waals surface area contributed by atoms with Gasteiger partial charge in [-0.3, -0.25) is 4.99 Å². The molecule has 0 radical (unpaired) electrons. The van der Waals surface area contributed by atoms with Crippen molar-refractivity contribution >= 4 is 5.96 Å². The van der Waals surface area contributed by atoms with Crippen molar-refractivity contribution in [3.63, 3.8) is 0 Å². The summed E-state index contributed by atoms with van der Waals surface area (Å²) in [6, 6.07) is 3.90. The molecule has 8 heteroatoms. The van der Waals surface area contributed by atoms with Crippen molar-refractivity contribution in [3.05, 3.63) is 29.8 Å². The minimum atomic E-state index is -0.911. The predicted molar refractivity (Wildman–Crippen MR) is 102 cm³/mol. The first-order chi connectivity index (χ1) is 13.1. The summed E-state index contributed by atoms with van der Waals surface area (Å²) in [5, 5.41) is 6.61. The molecule has 2 N–H and O–H groups in total. The number of hydrogen-bond donors (Lipinski definition) is 2. The highest BCUT2D eigenvalue weighted by atomic mass is 19.2. The zero-order valence-corrected chi connectivity index (χ0v) is 16.1. The van der Waals surface area contributed by atoms with Crippen molar-refractivity contribution in [2.45, 2.75) is 25.3 Å². The van der Waals surface area contributed by atoms with Crippen molar-refractivity contribution in [1.82, 2.24) is 15.5 Å². The molecule has 152 valence electrons. The predicted octanol–water partition coefficient (Wildman–Crippen LogP) is 2.01. The lowest BCUT2D eigenvalue weighted by Gasteiger charge is -2.33. The van der Waals surface area contributed by atoms with E-state index in [0.29, 0.717) is 24.9 Å². The summed E-state index contributed by atoms with van der Waals surface area (Å²) >= 11 is 0. The number of halogens is 2. The van der Waals surface area contributed by atoms with E-state index >= 15 is 0 Å². The van der Waals surface area contributed by atoms with Crippen LogP contribution in [0.4, 0.5) is 8.78 Å². The zero-order valence-electron chi connectivity index (χ0n) is 16.1. The van der Waals surface area contributed by atoms with Crippen LogP contribution in [0.5, 0.6) is 5.75 Å². The van der Waals surface area contributed by atoms with Gasteiger partial charge in [0.2, 0.25) is 0 Å². The second kappa shape index (κ2) is 11.7. The number of hydrogen-bond acceptors (Lipinski definition) is 4. The van der Waals surface area contributed by atoms with Crippen LogP contribution in [0.25, 0.3) is 0 Å². The van der Waals surface area contributed by atoms with Crippen LogP contribution < -0.4 is 15.4 Å². The van der Waals surface area contributed by atoms with Gasteiger partial charge in [0.25, 0.3) is 0 Å². The number of rotatable bonds is 9. The van der Waals surface area contributed by atoms with E-state index in [1.807, 2.05) is 0 Å². The number of benzene rings is 1. The third-order valence-corrected chi connectivity index (χ3v) is 4.53. The van der Waals surface area contributed by atoms with E-state index in [4.69, 9.17) is 9.47 Å². The van der Waals surface area contributed by atoms with E-state index in [-0.39, 0.29) is 0 Å². The van der Waals surface area contributed by atoms with E-state index in [2.05, 4.69) is 20.5 Å². The molecule has 1 aliphatic rings. The lowest BCUT2D eigenvalue weighted by molar-refractivity contribution is 0.155. The molecule has 0 saturated carbocycles. The molecular formula is C19H30F2N4O2. The Balaban J connectivity index is 1.62. The molecule has 6 nitrogen and oxygen atoms in total. The van der Waals surface area contributed by atoms with Crippen LogP contribution in [-0.4, -0.2) is 70.5 Å². The van der Waals surface area contributed by atoms with Crippen LogP contribution in [0.2, 0.25) is 0 Å². The van der Waals surface area contributed by atoms with Gasteiger partial charge in [0, 0.05) is 52.5 Å². The third-order valence-electron chi connectivity index (χ3n) is 4.53. The molecule has 2 rings (SSSR count). The number of methoxy groups -OCH3 is 1. The molecule has 0 aliphatic carbocycles. The Morgan fingerprint density at radius 2 is 2.00 bits per heavy atom. The monoisotopic (exact) mass is 384 g/mol. The molecule has 0 atom stereocenters. The fraction of sp³-hybridized carbons (Fsp3) is 0.632. The largest absolute Gasteiger partial charge is 0.492 e. The highest BCUT2D eigenvalue weighted by molar-refractivity contribution is 5.79. The first kappa shape index (κ1) is 21.4. The van der Waals surface area contributed by atoms with Gasteiger partial charge in [0.1, 0.15) is 12.4 Å². The highest BCUT2D eigenvalue weighted by Gasteiger charge is 2.19. The Kier molecular flexibility index (Phi) is 9.27. The van der Waals surface area contributed by atoms with Crippen LogP contribution in [-0.2, 0) is 4.74 Å². The molecular weight excluding hydrogens is 354 g/mol. The van der Waals surface area contributed by atoms with Crippen molar-refractivity contribution in [2.75, 3.05) is 53.6 Å². The molecule has 0 spiro atoms. The van der Waals surface area contributed by atoms with Crippen molar-refractivity contribution in [2.24, 2.45) is 4.99 Å². The SMILES string of the molecule is CN=C(NCCOc1ccc(F)c(F)c1)NC1CCN(CCCOC)CC1. The van der Waals surface area contributed by atoms with Crippen molar-refractivity contribution in [3.8, 4) is 5.75 Å². The number of nitrogens with one attached hydrogen (secondary N) is 2. The first-order valence-corrected chi connectivity index (χ1v) is 9.38. The lowest BCUT2D eigenvalue weighted by atomic mass is 10.1. The number of guanidine groups is 1. The molecule has 0 aromatic heterocycles. The van der Waals surface area contributed by atoms with Crippen LogP contribution in [0.3, 0.4) is 0 Å². The summed E-state index contributed by atoms with van der Waals surface area (Å²) in [4.78, 5) is 6.69. The third kappa shape index (κ3) is 7.68. The molecule has 1 fully saturated rings. The Morgan fingerprint density at radius 3 is 2.67 bits per heavy atom. The summed E-state index contributed by atoms with van der Waals surface area (Å²) in [6.07, 6.45) is 3.20. The smallest absolute Gasteiger partial charge is 0.191 e. The average molecular weight is 384 g/mol. The van der Waals surface area contributed by atoms with Gasteiger partial charge in [-0.1, -0.05) is 0 Å². The second-order valence-corrected chi connectivity index (χ2v) is 6.53. The normalized spacial score (nSPS) is 16.4. The molecule has 0 bridgehead atoms. The molecule has 1 saturated heterocycles. The Bertz CT molecular complexity index is 593. The molecule has 1 aromatic rings. The van der Waals surface area contributed by atoms with Crippen molar-refractivity contribution in [1.29, 1.82) is 0 Å². The Hall–Kier alpha value is -1.93. The molecule has 1 aliphatic heterocycles. The van der Waals surface area contributed by atoms with Gasteiger partial charge in [0.05, 0.1) is 6.54 Å². The van der Waals surface area contributed by atoms with Gasteiger partial charge >= 0.3 is 0 Å². The van der Waals surface area contributed by atoms with Gasteiger partial charge in [-0.15, -0.1) is 0 Å². The van der Waals surface area contributed by atoms with E-state index in [1.54, 1.807) is 14.2 Å². The number of nitrogens with zero attached hydrogens (tertiary/aromatic N) is 2.